The number of aryl methyl sites for hydroxylation is 1. The molecule has 1 amide bonds. The van der Waals surface area contributed by atoms with Crippen LogP contribution in [-0.2, 0) is 0 Å². The molecule has 1 unspecified atom stereocenters. The molecule has 0 aliphatic carbocycles. The van der Waals surface area contributed by atoms with Gasteiger partial charge in [0.25, 0.3) is 5.91 Å². The summed E-state index contributed by atoms with van der Waals surface area (Å²) in [7, 11) is 0. The Balaban J connectivity index is 2.25. The van der Waals surface area contributed by atoms with E-state index in [9.17, 15) is 4.79 Å². The van der Waals surface area contributed by atoms with Crippen molar-refractivity contribution in [1.82, 2.24) is 4.90 Å². The van der Waals surface area contributed by atoms with Gasteiger partial charge in [0.2, 0.25) is 0 Å². The molecular weight excluding hydrogens is 260 g/mol. The number of benzene rings is 1. The highest BCUT2D eigenvalue weighted by Crippen LogP contribution is 2.20. The lowest BCUT2D eigenvalue weighted by Gasteiger charge is -2.21. The zero-order chi connectivity index (χ0) is 15.2. The summed E-state index contributed by atoms with van der Waals surface area (Å²) >= 11 is 0. The Bertz CT molecular complexity index is 568. The number of nitrogens with two attached hydrogens (primary N) is 1. The van der Waals surface area contributed by atoms with E-state index >= 15 is 0 Å². The SMILES string of the molecule is Cc1ccc(C(=O)N2CCCC(C)CC2)c(C#CCN)c1. The second kappa shape index (κ2) is 7.28. The van der Waals surface area contributed by atoms with Crippen LogP contribution >= 0.6 is 0 Å². The molecule has 3 nitrogen and oxygen atoms in total. The Morgan fingerprint density at radius 1 is 1.38 bits per heavy atom. The number of hydrogen-bond acceptors (Lipinski definition) is 2. The second-order valence-corrected chi connectivity index (χ2v) is 5.88. The molecule has 0 radical (unpaired) electrons. The van der Waals surface area contributed by atoms with Crippen LogP contribution in [0, 0.1) is 24.7 Å². The molecule has 0 bridgehead atoms. The van der Waals surface area contributed by atoms with Gasteiger partial charge in [-0.3, -0.25) is 4.79 Å². The van der Waals surface area contributed by atoms with Gasteiger partial charge in [0.1, 0.15) is 0 Å². The standard InChI is InChI=1S/C18H24N2O/c1-14-5-4-11-20(12-9-14)18(21)17-8-7-15(2)13-16(17)6-3-10-19/h7-8,13-14H,4-5,9-12,19H2,1-2H3. The van der Waals surface area contributed by atoms with Gasteiger partial charge < -0.3 is 10.6 Å². The van der Waals surface area contributed by atoms with Crippen LogP contribution in [0.3, 0.4) is 0 Å². The average molecular weight is 284 g/mol. The van der Waals surface area contributed by atoms with Crippen LogP contribution < -0.4 is 5.73 Å². The fourth-order valence-corrected chi connectivity index (χ4v) is 2.73. The maximum absolute atomic E-state index is 12.8. The highest BCUT2D eigenvalue weighted by atomic mass is 16.2. The number of carbonyl (C=O) groups is 1. The number of likely N-dealkylation sites (tertiary alicyclic amines) is 1. The van der Waals surface area contributed by atoms with Crippen LogP contribution in [0.2, 0.25) is 0 Å². The van der Waals surface area contributed by atoms with E-state index in [1.807, 2.05) is 30.0 Å². The summed E-state index contributed by atoms with van der Waals surface area (Å²) in [5.74, 6) is 6.70. The van der Waals surface area contributed by atoms with E-state index in [4.69, 9.17) is 5.73 Å². The summed E-state index contributed by atoms with van der Waals surface area (Å²) < 4.78 is 0. The first-order valence-electron chi connectivity index (χ1n) is 7.70. The predicted octanol–water partition coefficient (Wildman–Crippen LogP) is 2.57. The van der Waals surface area contributed by atoms with Gasteiger partial charge in [-0.15, -0.1) is 0 Å². The van der Waals surface area contributed by atoms with E-state index < -0.39 is 0 Å². The molecule has 1 fully saturated rings. The van der Waals surface area contributed by atoms with Gasteiger partial charge in [-0.05, 0) is 49.8 Å². The fourth-order valence-electron chi connectivity index (χ4n) is 2.73. The average Bonchev–Trinajstić information content (AvgIpc) is 2.69. The summed E-state index contributed by atoms with van der Waals surface area (Å²) in [5, 5.41) is 0. The normalized spacial score (nSPS) is 18.6. The van der Waals surface area contributed by atoms with E-state index in [-0.39, 0.29) is 5.91 Å². The Morgan fingerprint density at radius 2 is 2.19 bits per heavy atom. The van der Waals surface area contributed by atoms with Crippen LogP contribution in [0.5, 0.6) is 0 Å². The Labute approximate surface area is 127 Å². The van der Waals surface area contributed by atoms with Crippen LogP contribution in [-0.4, -0.2) is 30.4 Å². The molecule has 2 rings (SSSR count). The molecule has 2 N–H and O–H groups in total. The smallest absolute Gasteiger partial charge is 0.255 e. The summed E-state index contributed by atoms with van der Waals surface area (Å²) in [6.45, 7) is 6.27. The second-order valence-electron chi connectivity index (χ2n) is 5.88. The predicted molar refractivity (Wildman–Crippen MR) is 86.0 cm³/mol. The van der Waals surface area contributed by atoms with Gasteiger partial charge in [0, 0.05) is 18.7 Å². The van der Waals surface area contributed by atoms with Gasteiger partial charge in [-0.2, -0.15) is 0 Å². The minimum atomic E-state index is 0.102. The number of carbonyl (C=O) groups excluding carboxylic acids is 1. The summed E-state index contributed by atoms with van der Waals surface area (Å²) in [5.41, 5.74) is 8.06. The van der Waals surface area contributed by atoms with Crippen molar-refractivity contribution in [2.45, 2.75) is 33.1 Å². The van der Waals surface area contributed by atoms with Crippen molar-refractivity contribution in [3.63, 3.8) is 0 Å². The molecule has 0 spiro atoms. The monoisotopic (exact) mass is 284 g/mol. The molecular formula is C18H24N2O. The van der Waals surface area contributed by atoms with Crippen molar-refractivity contribution in [1.29, 1.82) is 0 Å². The maximum atomic E-state index is 12.8. The molecule has 1 atom stereocenters. The Hall–Kier alpha value is -1.79. The number of hydrogen-bond donors (Lipinski definition) is 1. The van der Waals surface area contributed by atoms with E-state index in [1.165, 1.54) is 6.42 Å². The molecule has 1 heterocycles. The van der Waals surface area contributed by atoms with E-state index in [0.29, 0.717) is 18.0 Å². The topological polar surface area (TPSA) is 46.3 Å². The largest absolute Gasteiger partial charge is 0.339 e. The van der Waals surface area contributed by atoms with Gasteiger partial charge in [-0.1, -0.05) is 24.8 Å². The van der Waals surface area contributed by atoms with Gasteiger partial charge in [0.05, 0.1) is 12.1 Å². The minimum Gasteiger partial charge on any atom is -0.339 e. The molecule has 1 aliphatic rings. The lowest BCUT2D eigenvalue weighted by atomic mass is 10.0. The minimum absolute atomic E-state index is 0.102. The van der Waals surface area contributed by atoms with E-state index in [1.54, 1.807) is 0 Å². The zero-order valence-corrected chi connectivity index (χ0v) is 13.0. The summed E-state index contributed by atoms with van der Waals surface area (Å²) in [4.78, 5) is 14.8. The molecule has 112 valence electrons. The number of rotatable bonds is 1. The van der Waals surface area contributed by atoms with Crippen LogP contribution in [0.4, 0.5) is 0 Å². The van der Waals surface area contributed by atoms with Gasteiger partial charge in [0.15, 0.2) is 0 Å². The molecule has 1 saturated heterocycles. The lowest BCUT2D eigenvalue weighted by molar-refractivity contribution is 0.0760. The first kappa shape index (κ1) is 15.6. The van der Waals surface area contributed by atoms with Crippen molar-refractivity contribution in [2.24, 2.45) is 11.7 Å². The fraction of sp³-hybridized carbons (Fsp3) is 0.500. The molecule has 0 aromatic heterocycles. The first-order chi connectivity index (χ1) is 10.1. The Morgan fingerprint density at radius 3 is 2.95 bits per heavy atom. The van der Waals surface area contributed by atoms with Crippen molar-refractivity contribution in [3.8, 4) is 11.8 Å². The third-order valence-electron chi connectivity index (χ3n) is 4.03. The highest BCUT2D eigenvalue weighted by Gasteiger charge is 2.21. The van der Waals surface area contributed by atoms with Crippen molar-refractivity contribution >= 4 is 5.91 Å². The molecule has 1 aromatic rings. The van der Waals surface area contributed by atoms with Gasteiger partial charge in [-0.25, -0.2) is 0 Å². The van der Waals surface area contributed by atoms with E-state index in [2.05, 4.69) is 18.8 Å². The van der Waals surface area contributed by atoms with Crippen molar-refractivity contribution in [3.05, 3.63) is 34.9 Å². The van der Waals surface area contributed by atoms with Crippen molar-refractivity contribution < 1.29 is 4.79 Å². The third kappa shape index (κ3) is 4.09. The zero-order valence-electron chi connectivity index (χ0n) is 13.0. The molecule has 0 saturated carbocycles. The first-order valence-corrected chi connectivity index (χ1v) is 7.70. The number of amides is 1. The molecule has 21 heavy (non-hydrogen) atoms. The molecule has 3 heteroatoms. The van der Waals surface area contributed by atoms with Crippen molar-refractivity contribution in [2.75, 3.05) is 19.6 Å². The summed E-state index contributed by atoms with van der Waals surface area (Å²) in [6.07, 6.45) is 3.38. The summed E-state index contributed by atoms with van der Waals surface area (Å²) in [6, 6.07) is 5.84. The van der Waals surface area contributed by atoms with E-state index in [0.717, 1.165) is 37.1 Å². The maximum Gasteiger partial charge on any atom is 0.255 e. The van der Waals surface area contributed by atoms with Crippen LogP contribution in [0.1, 0.15) is 47.7 Å². The van der Waals surface area contributed by atoms with Gasteiger partial charge >= 0.3 is 0 Å². The highest BCUT2D eigenvalue weighted by molar-refractivity contribution is 5.96. The third-order valence-corrected chi connectivity index (χ3v) is 4.03. The van der Waals surface area contributed by atoms with Crippen LogP contribution in [0.25, 0.3) is 0 Å². The number of nitrogens with zero attached hydrogens (tertiary/aromatic N) is 1. The lowest BCUT2D eigenvalue weighted by Crippen LogP contribution is -2.32. The molecule has 1 aromatic carbocycles. The quantitative estimate of drug-likeness (QED) is 0.806. The van der Waals surface area contributed by atoms with Crippen LogP contribution in [0.15, 0.2) is 18.2 Å². The Kier molecular flexibility index (Phi) is 5.41. The molecule has 1 aliphatic heterocycles.